The van der Waals surface area contributed by atoms with Gasteiger partial charge in [0, 0.05) is 10.6 Å². The van der Waals surface area contributed by atoms with Gasteiger partial charge in [-0.15, -0.1) is 11.3 Å². The maximum atomic E-state index is 5.36. The van der Waals surface area contributed by atoms with Crippen LogP contribution in [0.5, 0.6) is 0 Å². The summed E-state index contributed by atoms with van der Waals surface area (Å²) in [5.74, 6) is 0. The van der Waals surface area contributed by atoms with Crippen molar-refractivity contribution in [2.75, 3.05) is 0 Å². The minimum absolute atomic E-state index is 0.705. The number of aryl methyl sites for hydroxylation is 2. The Bertz CT molecular complexity index is 766. The van der Waals surface area contributed by atoms with Crippen LogP contribution >= 0.6 is 23.6 Å². The molecule has 0 spiro atoms. The molecule has 3 heterocycles. The molecule has 0 aliphatic carbocycles. The fourth-order valence-electron chi connectivity index (χ4n) is 1.89. The number of thiazole rings is 1. The standard InChI is InChI=1S/C12H12N4S2/c1-7-3-4-9-11(14-7)16(12(17)15-9)5-10-8(2)13-6-18-10/h3-4,6H,5H2,1-2H3,(H,15,17). The lowest BCUT2D eigenvalue weighted by Crippen LogP contribution is -2.01. The monoisotopic (exact) mass is 276 g/mol. The van der Waals surface area contributed by atoms with Gasteiger partial charge in [-0.1, -0.05) is 0 Å². The molecule has 6 heteroatoms. The second-order valence-corrected chi connectivity index (χ2v) is 5.53. The number of hydrogen-bond acceptors (Lipinski definition) is 4. The van der Waals surface area contributed by atoms with E-state index < -0.39 is 0 Å². The number of fused-ring (bicyclic) bond motifs is 1. The minimum atomic E-state index is 0.705. The zero-order chi connectivity index (χ0) is 12.7. The first-order chi connectivity index (χ1) is 8.65. The minimum Gasteiger partial charge on any atom is -0.329 e. The van der Waals surface area contributed by atoms with Crippen LogP contribution in [0.2, 0.25) is 0 Å². The van der Waals surface area contributed by atoms with Crippen molar-refractivity contribution in [1.29, 1.82) is 0 Å². The highest BCUT2D eigenvalue weighted by atomic mass is 32.1. The number of imidazole rings is 1. The molecule has 0 fully saturated rings. The lowest BCUT2D eigenvalue weighted by atomic mass is 10.3. The number of aromatic amines is 1. The zero-order valence-corrected chi connectivity index (χ0v) is 11.7. The highest BCUT2D eigenvalue weighted by Gasteiger charge is 2.09. The molecule has 0 amide bonds. The first kappa shape index (κ1) is 11.6. The molecule has 0 bridgehead atoms. The number of H-pyrrole nitrogens is 1. The van der Waals surface area contributed by atoms with E-state index in [1.807, 2.05) is 36.1 Å². The molecule has 3 aromatic rings. The van der Waals surface area contributed by atoms with Gasteiger partial charge in [-0.3, -0.25) is 4.57 Å². The molecule has 92 valence electrons. The molecule has 3 rings (SSSR count). The van der Waals surface area contributed by atoms with Gasteiger partial charge in [0.2, 0.25) is 0 Å². The molecular formula is C12H12N4S2. The molecule has 0 atom stereocenters. The molecule has 0 saturated carbocycles. The van der Waals surface area contributed by atoms with Crippen molar-refractivity contribution >= 4 is 34.7 Å². The van der Waals surface area contributed by atoms with Gasteiger partial charge in [0.1, 0.15) is 0 Å². The number of nitrogens with one attached hydrogen (secondary N) is 1. The van der Waals surface area contributed by atoms with Gasteiger partial charge in [0.25, 0.3) is 0 Å². The Morgan fingerprint density at radius 2 is 2.22 bits per heavy atom. The predicted molar refractivity (Wildman–Crippen MR) is 75.6 cm³/mol. The third-order valence-corrected chi connectivity index (χ3v) is 4.15. The smallest absolute Gasteiger partial charge is 0.179 e. The molecular weight excluding hydrogens is 264 g/mol. The lowest BCUT2D eigenvalue weighted by molar-refractivity contribution is 0.804. The third kappa shape index (κ3) is 1.87. The molecule has 0 aliphatic heterocycles. The average molecular weight is 276 g/mol. The SMILES string of the molecule is Cc1ccc2[nH]c(=S)n(Cc3scnc3C)c2n1. The van der Waals surface area contributed by atoms with Crippen LogP contribution in [0.4, 0.5) is 0 Å². The van der Waals surface area contributed by atoms with E-state index in [0.717, 1.165) is 29.1 Å². The number of nitrogens with zero attached hydrogens (tertiary/aromatic N) is 3. The topological polar surface area (TPSA) is 46.5 Å². The molecule has 1 N–H and O–H groups in total. The fourth-order valence-corrected chi connectivity index (χ4v) is 2.92. The molecule has 0 radical (unpaired) electrons. The summed E-state index contributed by atoms with van der Waals surface area (Å²) < 4.78 is 2.73. The Morgan fingerprint density at radius 3 is 2.94 bits per heavy atom. The second kappa shape index (κ2) is 4.29. The van der Waals surface area contributed by atoms with Gasteiger partial charge in [-0.2, -0.15) is 0 Å². The lowest BCUT2D eigenvalue weighted by Gasteiger charge is -2.03. The summed E-state index contributed by atoms with van der Waals surface area (Å²) in [7, 11) is 0. The van der Waals surface area contributed by atoms with Crippen LogP contribution in [-0.2, 0) is 6.54 Å². The molecule has 4 nitrogen and oxygen atoms in total. The molecule has 0 unspecified atom stereocenters. The van der Waals surface area contributed by atoms with E-state index in [1.165, 1.54) is 4.88 Å². The molecule has 0 aromatic carbocycles. The Morgan fingerprint density at radius 1 is 1.39 bits per heavy atom. The maximum Gasteiger partial charge on any atom is 0.179 e. The largest absolute Gasteiger partial charge is 0.329 e. The number of pyridine rings is 1. The van der Waals surface area contributed by atoms with E-state index >= 15 is 0 Å². The van der Waals surface area contributed by atoms with Gasteiger partial charge >= 0.3 is 0 Å². The summed E-state index contributed by atoms with van der Waals surface area (Å²) in [6.07, 6.45) is 0. The number of hydrogen-bond donors (Lipinski definition) is 1. The van der Waals surface area contributed by atoms with E-state index in [0.29, 0.717) is 4.77 Å². The van der Waals surface area contributed by atoms with E-state index in [2.05, 4.69) is 15.0 Å². The fraction of sp³-hybridized carbons (Fsp3) is 0.250. The van der Waals surface area contributed by atoms with Crippen molar-refractivity contribution in [1.82, 2.24) is 19.5 Å². The van der Waals surface area contributed by atoms with Crippen molar-refractivity contribution in [3.05, 3.63) is 38.7 Å². The van der Waals surface area contributed by atoms with E-state index in [1.54, 1.807) is 11.3 Å². The van der Waals surface area contributed by atoms with Gasteiger partial charge in [-0.25, -0.2) is 9.97 Å². The van der Waals surface area contributed by atoms with Crippen molar-refractivity contribution < 1.29 is 0 Å². The second-order valence-electron chi connectivity index (χ2n) is 4.20. The maximum absolute atomic E-state index is 5.36. The highest BCUT2D eigenvalue weighted by molar-refractivity contribution is 7.71. The Balaban J connectivity index is 2.17. The van der Waals surface area contributed by atoms with Crippen LogP contribution in [0, 0.1) is 18.6 Å². The van der Waals surface area contributed by atoms with Crippen molar-refractivity contribution in [3.63, 3.8) is 0 Å². The summed E-state index contributed by atoms with van der Waals surface area (Å²) in [6, 6.07) is 4.00. The normalized spacial score (nSPS) is 11.2. The van der Waals surface area contributed by atoms with Gasteiger partial charge < -0.3 is 4.98 Å². The summed E-state index contributed by atoms with van der Waals surface area (Å²) in [5.41, 5.74) is 5.80. The predicted octanol–water partition coefficient (Wildman–Crippen LogP) is 3.22. The Hall–Kier alpha value is -1.53. The van der Waals surface area contributed by atoms with Crippen LogP contribution < -0.4 is 0 Å². The van der Waals surface area contributed by atoms with Crippen molar-refractivity contribution in [3.8, 4) is 0 Å². The molecule has 18 heavy (non-hydrogen) atoms. The van der Waals surface area contributed by atoms with Gasteiger partial charge in [-0.05, 0) is 38.2 Å². The Labute approximate surface area is 113 Å². The van der Waals surface area contributed by atoms with Crippen molar-refractivity contribution in [2.45, 2.75) is 20.4 Å². The zero-order valence-electron chi connectivity index (χ0n) is 10.1. The van der Waals surface area contributed by atoms with Crippen LogP contribution in [0.3, 0.4) is 0 Å². The summed E-state index contributed by atoms with van der Waals surface area (Å²) in [4.78, 5) is 13.2. The third-order valence-electron chi connectivity index (χ3n) is 2.90. The first-order valence-corrected chi connectivity index (χ1v) is 6.89. The Kier molecular flexibility index (Phi) is 2.76. The van der Waals surface area contributed by atoms with Crippen molar-refractivity contribution in [2.24, 2.45) is 0 Å². The molecule has 3 aromatic heterocycles. The summed E-state index contributed by atoms with van der Waals surface area (Å²) in [5, 5.41) is 0. The van der Waals surface area contributed by atoms with Crippen LogP contribution in [-0.4, -0.2) is 19.5 Å². The van der Waals surface area contributed by atoms with Crippen LogP contribution in [0.15, 0.2) is 17.6 Å². The summed E-state index contributed by atoms with van der Waals surface area (Å²) in [6.45, 7) is 4.73. The van der Waals surface area contributed by atoms with Gasteiger partial charge in [0.05, 0.1) is 23.3 Å². The van der Waals surface area contributed by atoms with Crippen LogP contribution in [0.25, 0.3) is 11.2 Å². The number of aromatic nitrogens is 4. The van der Waals surface area contributed by atoms with E-state index in [4.69, 9.17) is 12.2 Å². The molecule has 0 saturated heterocycles. The van der Waals surface area contributed by atoms with Crippen LogP contribution in [0.1, 0.15) is 16.3 Å². The quantitative estimate of drug-likeness (QED) is 0.731. The average Bonchev–Trinajstić information content (AvgIpc) is 2.86. The summed E-state index contributed by atoms with van der Waals surface area (Å²) >= 11 is 7.01. The van der Waals surface area contributed by atoms with Gasteiger partial charge in [0.15, 0.2) is 10.4 Å². The number of rotatable bonds is 2. The molecule has 0 aliphatic rings. The van der Waals surface area contributed by atoms with E-state index in [9.17, 15) is 0 Å². The highest BCUT2D eigenvalue weighted by Crippen LogP contribution is 2.18. The van der Waals surface area contributed by atoms with E-state index in [-0.39, 0.29) is 0 Å². The first-order valence-electron chi connectivity index (χ1n) is 5.60.